The number of aromatic nitrogens is 2. The van der Waals surface area contributed by atoms with E-state index in [1.165, 1.54) is 0 Å². The number of imidazole rings is 1. The van der Waals surface area contributed by atoms with Gasteiger partial charge in [-0.05, 0) is 31.4 Å². The Labute approximate surface area is 202 Å². The Balaban J connectivity index is 0.00000272. The number of guanidine groups is 1. The van der Waals surface area contributed by atoms with Crippen LogP contribution in [0.25, 0.3) is 0 Å². The van der Waals surface area contributed by atoms with Gasteiger partial charge in [0.05, 0.1) is 31.6 Å². The van der Waals surface area contributed by atoms with Crippen LogP contribution in [0.2, 0.25) is 0 Å². The lowest BCUT2D eigenvalue weighted by atomic mass is 9.93. The number of nitrogens with zero attached hydrogens (tertiary/aromatic N) is 5. The van der Waals surface area contributed by atoms with E-state index in [0.29, 0.717) is 12.0 Å². The molecule has 0 radical (unpaired) electrons. The summed E-state index contributed by atoms with van der Waals surface area (Å²) in [4.78, 5) is 13.7. The van der Waals surface area contributed by atoms with E-state index in [4.69, 9.17) is 9.15 Å². The quantitative estimate of drug-likeness (QED) is 0.356. The molecule has 0 saturated carbocycles. The molecule has 2 fully saturated rings. The van der Waals surface area contributed by atoms with Gasteiger partial charge in [-0.2, -0.15) is 0 Å². The lowest BCUT2D eigenvalue weighted by Crippen LogP contribution is -2.51. The summed E-state index contributed by atoms with van der Waals surface area (Å²) in [6.45, 7) is 10.4. The van der Waals surface area contributed by atoms with Crippen molar-refractivity contribution in [3.05, 3.63) is 42.4 Å². The zero-order valence-electron chi connectivity index (χ0n) is 18.7. The molecule has 0 amide bonds. The first-order chi connectivity index (χ1) is 14.7. The first-order valence-electron chi connectivity index (χ1n) is 11.0. The Bertz CT molecular complexity index is 818. The van der Waals surface area contributed by atoms with Gasteiger partial charge in [-0.25, -0.2) is 4.98 Å². The van der Waals surface area contributed by atoms with Crippen molar-refractivity contribution in [1.29, 1.82) is 0 Å². The lowest BCUT2D eigenvalue weighted by Gasteiger charge is -2.40. The summed E-state index contributed by atoms with van der Waals surface area (Å²) in [5, 5.41) is 3.63. The first kappa shape index (κ1) is 24.1. The summed E-state index contributed by atoms with van der Waals surface area (Å²) in [7, 11) is 1.87. The van der Waals surface area contributed by atoms with Crippen molar-refractivity contribution < 1.29 is 9.15 Å². The highest BCUT2D eigenvalue weighted by molar-refractivity contribution is 14.0. The normalized spacial score (nSPS) is 24.0. The van der Waals surface area contributed by atoms with Gasteiger partial charge in [-0.1, -0.05) is 6.92 Å². The Morgan fingerprint density at radius 2 is 2.10 bits per heavy atom. The van der Waals surface area contributed by atoms with Crippen LogP contribution in [0, 0.1) is 12.8 Å². The van der Waals surface area contributed by atoms with Crippen molar-refractivity contribution in [3.63, 3.8) is 0 Å². The van der Waals surface area contributed by atoms with E-state index in [-0.39, 0.29) is 30.0 Å². The van der Waals surface area contributed by atoms with E-state index in [1.54, 1.807) is 0 Å². The summed E-state index contributed by atoms with van der Waals surface area (Å²) >= 11 is 0. The fraction of sp³-hybridized carbons (Fsp3) is 0.636. The third kappa shape index (κ3) is 5.81. The molecule has 2 aromatic rings. The van der Waals surface area contributed by atoms with Crippen molar-refractivity contribution in [2.75, 3.05) is 53.0 Å². The molecule has 4 rings (SSSR count). The van der Waals surface area contributed by atoms with Crippen molar-refractivity contribution >= 4 is 29.9 Å². The monoisotopic (exact) mass is 542 g/mol. The Morgan fingerprint density at radius 3 is 2.74 bits per heavy atom. The summed E-state index contributed by atoms with van der Waals surface area (Å²) in [5.74, 6) is 3.51. The molecular formula is C22H35IN6O2. The number of furan rings is 1. The van der Waals surface area contributed by atoms with Crippen molar-refractivity contribution in [1.82, 2.24) is 24.7 Å². The Morgan fingerprint density at radius 1 is 1.29 bits per heavy atom. The number of morpholine rings is 1. The molecule has 8 nitrogen and oxygen atoms in total. The van der Waals surface area contributed by atoms with Crippen LogP contribution in [0.15, 0.2) is 40.3 Å². The fourth-order valence-electron chi connectivity index (χ4n) is 4.55. The molecule has 0 spiro atoms. The van der Waals surface area contributed by atoms with Crippen LogP contribution in [0.1, 0.15) is 36.9 Å². The Hall–Kier alpha value is -1.59. The average Bonchev–Trinajstić information content (AvgIpc) is 3.45. The average molecular weight is 542 g/mol. The van der Waals surface area contributed by atoms with Crippen LogP contribution in [0.4, 0.5) is 0 Å². The minimum Gasteiger partial charge on any atom is -0.465 e. The molecule has 1 N–H and O–H groups in total. The number of likely N-dealkylation sites (tertiary alicyclic amines) is 1. The number of hydrogen-bond donors (Lipinski definition) is 1. The molecule has 2 aliphatic rings. The molecule has 172 valence electrons. The maximum absolute atomic E-state index is 6.00. The number of nitrogens with one attached hydrogen (secondary N) is 1. The number of rotatable bonds is 5. The molecule has 9 heteroatoms. The van der Waals surface area contributed by atoms with Gasteiger partial charge in [0, 0.05) is 52.2 Å². The molecule has 31 heavy (non-hydrogen) atoms. The van der Waals surface area contributed by atoms with E-state index in [0.717, 1.165) is 69.8 Å². The van der Waals surface area contributed by atoms with Gasteiger partial charge in [0.15, 0.2) is 5.96 Å². The number of piperidine rings is 1. The van der Waals surface area contributed by atoms with E-state index in [9.17, 15) is 0 Å². The standard InChI is InChI=1S/C22H34N6O2.HI/c1-17-6-8-27(15-20(17)28-9-7-24-16-28)22(23-3)25-14-19(21-5-4-18(2)30-21)26-10-12-29-13-11-26;/h4-5,7,9,16-17,19-20H,6,8,10-15H2,1-3H3,(H,23,25);1H. The van der Waals surface area contributed by atoms with Crippen molar-refractivity contribution in [2.24, 2.45) is 10.9 Å². The van der Waals surface area contributed by atoms with E-state index in [1.807, 2.05) is 32.6 Å². The molecule has 0 aromatic carbocycles. The molecular weight excluding hydrogens is 507 g/mol. The van der Waals surface area contributed by atoms with Gasteiger partial charge in [0.25, 0.3) is 0 Å². The van der Waals surface area contributed by atoms with Crippen LogP contribution in [0.5, 0.6) is 0 Å². The third-order valence-electron chi connectivity index (χ3n) is 6.37. The summed E-state index contributed by atoms with van der Waals surface area (Å²) in [5.41, 5.74) is 0. The number of ether oxygens (including phenoxy) is 1. The van der Waals surface area contributed by atoms with Crippen LogP contribution in [0.3, 0.4) is 0 Å². The van der Waals surface area contributed by atoms with Crippen molar-refractivity contribution in [2.45, 2.75) is 32.4 Å². The van der Waals surface area contributed by atoms with Crippen LogP contribution in [-0.4, -0.2) is 78.3 Å². The van der Waals surface area contributed by atoms with Gasteiger partial charge in [0.2, 0.25) is 0 Å². The zero-order chi connectivity index (χ0) is 20.9. The first-order valence-corrected chi connectivity index (χ1v) is 11.0. The molecule has 2 aromatic heterocycles. The lowest BCUT2D eigenvalue weighted by molar-refractivity contribution is 0.0123. The van der Waals surface area contributed by atoms with Crippen LogP contribution < -0.4 is 5.32 Å². The largest absolute Gasteiger partial charge is 0.465 e. The SMILES string of the molecule is CN=C(NCC(c1ccc(C)o1)N1CCOCC1)N1CCC(C)C(n2ccnc2)C1.I. The number of hydrogen-bond acceptors (Lipinski definition) is 5. The van der Waals surface area contributed by atoms with Gasteiger partial charge in [-0.3, -0.25) is 9.89 Å². The smallest absolute Gasteiger partial charge is 0.193 e. The van der Waals surface area contributed by atoms with Gasteiger partial charge in [-0.15, -0.1) is 24.0 Å². The second kappa shape index (κ2) is 11.3. The highest BCUT2D eigenvalue weighted by atomic mass is 127. The molecule has 4 heterocycles. The second-order valence-corrected chi connectivity index (χ2v) is 8.33. The van der Waals surface area contributed by atoms with Crippen LogP contribution in [-0.2, 0) is 4.74 Å². The van der Waals surface area contributed by atoms with Gasteiger partial charge >= 0.3 is 0 Å². The predicted octanol–water partition coefficient (Wildman–Crippen LogP) is 2.93. The number of halogens is 1. The van der Waals surface area contributed by atoms with Gasteiger partial charge in [0.1, 0.15) is 11.5 Å². The topological polar surface area (TPSA) is 71.1 Å². The second-order valence-electron chi connectivity index (χ2n) is 8.33. The number of aryl methyl sites for hydroxylation is 1. The van der Waals surface area contributed by atoms with Crippen molar-refractivity contribution in [3.8, 4) is 0 Å². The minimum absolute atomic E-state index is 0. The van der Waals surface area contributed by atoms with E-state index >= 15 is 0 Å². The number of aliphatic imine (C=N–C) groups is 1. The maximum Gasteiger partial charge on any atom is 0.193 e. The molecule has 0 bridgehead atoms. The molecule has 3 atom stereocenters. The minimum atomic E-state index is 0. The maximum atomic E-state index is 6.00. The highest BCUT2D eigenvalue weighted by Gasteiger charge is 2.30. The van der Waals surface area contributed by atoms with Crippen LogP contribution >= 0.6 is 24.0 Å². The third-order valence-corrected chi connectivity index (χ3v) is 6.37. The van der Waals surface area contributed by atoms with E-state index < -0.39 is 0 Å². The molecule has 2 aliphatic heterocycles. The van der Waals surface area contributed by atoms with E-state index in [2.05, 4.69) is 48.8 Å². The zero-order valence-corrected chi connectivity index (χ0v) is 21.1. The highest BCUT2D eigenvalue weighted by Crippen LogP contribution is 2.28. The molecule has 0 aliphatic carbocycles. The van der Waals surface area contributed by atoms with Gasteiger partial charge < -0.3 is 23.9 Å². The molecule has 2 saturated heterocycles. The summed E-state index contributed by atoms with van der Waals surface area (Å²) < 4.78 is 13.8. The molecule has 3 unspecified atom stereocenters. The fourth-order valence-corrected chi connectivity index (χ4v) is 4.55. The Kier molecular flexibility index (Phi) is 8.79. The summed E-state index contributed by atoms with van der Waals surface area (Å²) in [6, 6.07) is 4.70. The predicted molar refractivity (Wildman–Crippen MR) is 132 cm³/mol. The summed E-state index contributed by atoms with van der Waals surface area (Å²) in [6.07, 6.45) is 6.98.